The zero-order valence-corrected chi connectivity index (χ0v) is 19.8. The second-order valence-electron chi connectivity index (χ2n) is 7.34. The highest BCUT2D eigenvalue weighted by molar-refractivity contribution is 9.10. The molecule has 0 atom stereocenters. The van der Waals surface area contributed by atoms with E-state index in [-0.39, 0.29) is 17.1 Å². The maximum Gasteiger partial charge on any atom is 0.416 e. The number of halogens is 4. The van der Waals surface area contributed by atoms with E-state index in [1.807, 2.05) is 6.92 Å². The summed E-state index contributed by atoms with van der Waals surface area (Å²) in [7, 11) is -4.06. The predicted molar refractivity (Wildman–Crippen MR) is 123 cm³/mol. The Hall–Kier alpha value is -2.69. The van der Waals surface area contributed by atoms with Crippen molar-refractivity contribution in [1.29, 1.82) is 0 Å². The van der Waals surface area contributed by atoms with Crippen LogP contribution < -0.4 is 5.32 Å². The summed E-state index contributed by atoms with van der Waals surface area (Å²) in [6.07, 6.45) is -4.57. The molecule has 0 aliphatic carbocycles. The molecule has 0 fully saturated rings. The number of nitrogens with one attached hydrogen (secondary N) is 1. The van der Waals surface area contributed by atoms with Crippen molar-refractivity contribution >= 4 is 37.5 Å². The number of benzene rings is 3. The van der Waals surface area contributed by atoms with Crippen LogP contribution in [0.3, 0.4) is 0 Å². The molecular weight excluding hydrogens is 521 g/mol. The minimum Gasteiger partial charge on any atom is -0.325 e. The lowest BCUT2D eigenvalue weighted by molar-refractivity contribution is -0.137. The summed E-state index contributed by atoms with van der Waals surface area (Å²) in [5, 5.41) is 2.36. The Kier molecular flexibility index (Phi) is 7.61. The first kappa shape index (κ1) is 24.9. The third-order valence-electron chi connectivity index (χ3n) is 4.72. The number of aryl methyl sites for hydroxylation is 1. The van der Waals surface area contributed by atoms with Gasteiger partial charge in [-0.3, -0.25) is 4.79 Å². The van der Waals surface area contributed by atoms with Crippen molar-refractivity contribution in [3.05, 3.63) is 94.0 Å². The molecule has 3 aromatic carbocycles. The van der Waals surface area contributed by atoms with Crippen LogP contribution in [0.1, 0.15) is 16.7 Å². The molecule has 0 saturated carbocycles. The number of amides is 1. The van der Waals surface area contributed by atoms with Crippen molar-refractivity contribution in [1.82, 2.24) is 4.31 Å². The summed E-state index contributed by atoms with van der Waals surface area (Å²) in [5.41, 5.74) is 0.516. The van der Waals surface area contributed by atoms with E-state index >= 15 is 0 Å². The summed E-state index contributed by atoms with van der Waals surface area (Å²) >= 11 is 3.32. The largest absolute Gasteiger partial charge is 0.416 e. The van der Waals surface area contributed by atoms with Gasteiger partial charge in [0, 0.05) is 16.7 Å². The van der Waals surface area contributed by atoms with Gasteiger partial charge in [0.05, 0.1) is 17.0 Å². The highest BCUT2D eigenvalue weighted by atomic mass is 79.9. The van der Waals surface area contributed by atoms with Crippen molar-refractivity contribution < 1.29 is 26.4 Å². The van der Waals surface area contributed by atoms with Crippen LogP contribution in [-0.4, -0.2) is 25.2 Å². The lowest BCUT2D eigenvalue weighted by Gasteiger charge is -2.22. The highest BCUT2D eigenvalue weighted by Gasteiger charge is 2.31. The normalized spacial score (nSPS) is 12.1. The van der Waals surface area contributed by atoms with E-state index < -0.39 is 34.2 Å². The van der Waals surface area contributed by atoms with Gasteiger partial charge >= 0.3 is 6.18 Å². The van der Waals surface area contributed by atoms with E-state index in [9.17, 15) is 26.4 Å². The molecule has 33 heavy (non-hydrogen) atoms. The molecule has 0 aliphatic rings. The molecule has 3 rings (SSSR count). The molecule has 1 N–H and O–H groups in total. The van der Waals surface area contributed by atoms with Crippen LogP contribution in [0.15, 0.2) is 82.2 Å². The molecule has 3 aromatic rings. The van der Waals surface area contributed by atoms with Gasteiger partial charge in [0.1, 0.15) is 0 Å². The van der Waals surface area contributed by atoms with Crippen LogP contribution in [0.5, 0.6) is 0 Å². The van der Waals surface area contributed by atoms with Gasteiger partial charge in [-0.2, -0.15) is 17.5 Å². The smallest absolute Gasteiger partial charge is 0.325 e. The Morgan fingerprint density at radius 2 is 1.64 bits per heavy atom. The first-order chi connectivity index (χ1) is 15.4. The van der Waals surface area contributed by atoms with Crippen LogP contribution in [-0.2, 0) is 27.5 Å². The van der Waals surface area contributed by atoms with Gasteiger partial charge in [-0.15, -0.1) is 0 Å². The lowest BCUT2D eigenvalue weighted by atomic mass is 10.2. The lowest BCUT2D eigenvalue weighted by Crippen LogP contribution is -2.37. The molecule has 0 spiro atoms. The number of hydrogen-bond donors (Lipinski definition) is 1. The van der Waals surface area contributed by atoms with Crippen LogP contribution >= 0.6 is 15.9 Å². The zero-order chi connectivity index (χ0) is 24.2. The average molecular weight is 541 g/mol. The number of sulfonamides is 1. The minimum atomic E-state index is -4.57. The number of hydrogen-bond acceptors (Lipinski definition) is 3. The summed E-state index contributed by atoms with van der Waals surface area (Å²) in [6.45, 7) is 1.14. The van der Waals surface area contributed by atoms with Crippen LogP contribution in [0.2, 0.25) is 0 Å². The monoisotopic (exact) mass is 540 g/mol. The predicted octanol–water partition coefficient (Wildman–Crippen LogP) is 5.61. The third kappa shape index (κ3) is 6.66. The van der Waals surface area contributed by atoms with E-state index in [1.165, 1.54) is 24.3 Å². The molecule has 0 heterocycles. The first-order valence-corrected chi connectivity index (χ1v) is 12.0. The molecule has 174 valence electrons. The van der Waals surface area contributed by atoms with E-state index in [1.54, 1.807) is 36.4 Å². The molecule has 0 radical (unpaired) electrons. The molecule has 5 nitrogen and oxygen atoms in total. The van der Waals surface area contributed by atoms with Gasteiger partial charge in [-0.05, 0) is 55.0 Å². The Morgan fingerprint density at radius 3 is 2.24 bits per heavy atom. The van der Waals surface area contributed by atoms with Crippen LogP contribution in [0, 0.1) is 6.92 Å². The van der Waals surface area contributed by atoms with E-state index in [2.05, 4.69) is 21.2 Å². The van der Waals surface area contributed by atoms with Crippen molar-refractivity contribution in [2.75, 3.05) is 11.9 Å². The standard InChI is InChI=1S/C23H20BrF3N2O3S/c1-16-5-11-21(12-6-16)33(31,32)29(14-17-7-9-19(24)10-8-17)15-22(30)28-20-4-2-3-18(13-20)23(25,26)27/h2-13H,14-15H2,1H3,(H,28,30). The summed E-state index contributed by atoms with van der Waals surface area (Å²) in [5.74, 6) is -0.762. The second kappa shape index (κ2) is 10.1. The first-order valence-electron chi connectivity index (χ1n) is 9.73. The number of alkyl halides is 3. The number of carbonyl (C=O) groups is 1. The van der Waals surface area contributed by atoms with E-state index in [4.69, 9.17) is 0 Å². The second-order valence-corrected chi connectivity index (χ2v) is 10.2. The maximum absolute atomic E-state index is 13.3. The Labute approximate surface area is 198 Å². The summed E-state index contributed by atoms with van der Waals surface area (Å²) in [6, 6.07) is 17.3. The number of carbonyl (C=O) groups excluding carboxylic acids is 1. The molecule has 0 aromatic heterocycles. The summed E-state index contributed by atoms with van der Waals surface area (Å²) in [4.78, 5) is 12.7. The average Bonchev–Trinajstić information content (AvgIpc) is 2.74. The van der Waals surface area contributed by atoms with Crippen molar-refractivity contribution in [3.8, 4) is 0 Å². The van der Waals surface area contributed by atoms with Crippen molar-refractivity contribution in [2.45, 2.75) is 24.5 Å². The van der Waals surface area contributed by atoms with E-state index in [0.29, 0.717) is 5.56 Å². The molecule has 0 aliphatic heterocycles. The fourth-order valence-electron chi connectivity index (χ4n) is 3.01. The van der Waals surface area contributed by atoms with Crippen molar-refractivity contribution in [3.63, 3.8) is 0 Å². The minimum absolute atomic E-state index is 0.0112. The fraction of sp³-hybridized carbons (Fsp3) is 0.174. The van der Waals surface area contributed by atoms with Gasteiger partial charge in [0.15, 0.2) is 0 Å². The van der Waals surface area contributed by atoms with Gasteiger partial charge in [0.2, 0.25) is 15.9 Å². The molecular formula is C23H20BrF3N2O3S. The zero-order valence-electron chi connectivity index (χ0n) is 17.4. The van der Waals surface area contributed by atoms with Gasteiger partial charge in [0.25, 0.3) is 0 Å². The fourth-order valence-corrected chi connectivity index (χ4v) is 4.66. The molecule has 10 heteroatoms. The van der Waals surface area contributed by atoms with Gasteiger partial charge in [-0.1, -0.05) is 51.8 Å². The van der Waals surface area contributed by atoms with Crippen LogP contribution in [0.25, 0.3) is 0 Å². The van der Waals surface area contributed by atoms with Gasteiger partial charge in [-0.25, -0.2) is 8.42 Å². The quantitative estimate of drug-likeness (QED) is 0.423. The molecule has 1 amide bonds. The maximum atomic E-state index is 13.3. The Morgan fingerprint density at radius 1 is 1.00 bits per heavy atom. The molecule has 0 saturated heterocycles. The molecule has 0 unspecified atom stereocenters. The number of nitrogens with zero attached hydrogens (tertiary/aromatic N) is 1. The SMILES string of the molecule is Cc1ccc(S(=O)(=O)N(CC(=O)Nc2cccc(C(F)(F)F)c2)Cc2ccc(Br)cc2)cc1. The topological polar surface area (TPSA) is 66.5 Å². The van der Waals surface area contributed by atoms with Crippen molar-refractivity contribution in [2.24, 2.45) is 0 Å². The number of anilines is 1. The Bertz CT molecular complexity index is 1230. The van der Waals surface area contributed by atoms with Crippen LogP contribution in [0.4, 0.5) is 18.9 Å². The third-order valence-corrected chi connectivity index (χ3v) is 7.06. The highest BCUT2D eigenvalue weighted by Crippen LogP contribution is 2.30. The van der Waals surface area contributed by atoms with Gasteiger partial charge < -0.3 is 5.32 Å². The number of rotatable bonds is 7. The molecule has 0 bridgehead atoms. The summed E-state index contributed by atoms with van der Waals surface area (Å²) < 4.78 is 67.2. The Balaban J connectivity index is 1.86. The van der Waals surface area contributed by atoms with E-state index in [0.717, 1.165) is 26.5 Å².